The van der Waals surface area contributed by atoms with Gasteiger partial charge in [0.05, 0.1) is 18.2 Å². The lowest BCUT2D eigenvalue weighted by molar-refractivity contribution is -0.131. The second kappa shape index (κ2) is 6.02. The van der Waals surface area contributed by atoms with Crippen molar-refractivity contribution in [2.24, 2.45) is 0 Å². The smallest absolute Gasteiger partial charge is 0.228 e. The van der Waals surface area contributed by atoms with Crippen LogP contribution >= 0.6 is 11.3 Å². The lowest BCUT2D eigenvalue weighted by Crippen LogP contribution is -2.32. The highest BCUT2D eigenvalue weighted by Gasteiger charge is 2.34. The van der Waals surface area contributed by atoms with E-state index in [1.165, 1.54) is 0 Å². The minimum absolute atomic E-state index is 0.138. The van der Waals surface area contributed by atoms with E-state index in [4.69, 9.17) is 4.52 Å². The topological polar surface area (TPSA) is 46.3 Å². The first kappa shape index (κ1) is 14.3. The summed E-state index contributed by atoms with van der Waals surface area (Å²) >= 11 is 1.64. The summed E-state index contributed by atoms with van der Waals surface area (Å²) < 4.78 is 5.41. The molecule has 0 N–H and O–H groups in total. The van der Waals surface area contributed by atoms with Crippen molar-refractivity contribution in [2.75, 3.05) is 6.54 Å². The van der Waals surface area contributed by atoms with E-state index in [1.54, 1.807) is 11.3 Å². The molecule has 4 nitrogen and oxygen atoms in total. The normalized spacial score (nSPS) is 18.4. The summed E-state index contributed by atoms with van der Waals surface area (Å²) in [6, 6.07) is 4.16. The zero-order chi connectivity index (χ0) is 14.8. The van der Waals surface area contributed by atoms with Crippen molar-refractivity contribution < 1.29 is 9.32 Å². The Balaban J connectivity index is 1.82. The van der Waals surface area contributed by atoms with Crippen LogP contribution < -0.4 is 0 Å². The summed E-state index contributed by atoms with van der Waals surface area (Å²) in [4.78, 5) is 15.8. The summed E-state index contributed by atoms with van der Waals surface area (Å²) in [6.07, 6.45) is 3.37. The number of rotatable bonds is 4. The van der Waals surface area contributed by atoms with Crippen molar-refractivity contribution in [3.8, 4) is 0 Å². The summed E-state index contributed by atoms with van der Waals surface area (Å²) in [7, 11) is 0. The third-order valence-electron chi connectivity index (χ3n) is 4.12. The van der Waals surface area contributed by atoms with Crippen LogP contribution in [0.3, 0.4) is 0 Å². The fourth-order valence-corrected chi connectivity index (χ4v) is 3.83. The van der Waals surface area contributed by atoms with E-state index >= 15 is 0 Å². The van der Waals surface area contributed by atoms with Gasteiger partial charge in [-0.15, -0.1) is 11.3 Å². The highest BCUT2D eigenvalue weighted by atomic mass is 32.1. The van der Waals surface area contributed by atoms with Gasteiger partial charge in [0.15, 0.2) is 0 Å². The van der Waals surface area contributed by atoms with Gasteiger partial charge in [0.25, 0.3) is 0 Å². The number of aromatic nitrogens is 1. The minimum atomic E-state index is 0.138. The third kappa shape index (κ3) is 2.75. The van der Waals surface area contributed by atoms with Gasteiger partial charge in [-0.3, -0.25) is 4.79 Å². The van der Waals surface area contributed by atoms with Gasteiger partial charge >= 0.3 is 0 Å². The van der Waals surface area contributed by atoms with Gasteiger partial charge in [-0.1, -0.05) is 18.1 Å². The summed E-state index contributed by atoms with van der Waals surface area (Å²) in [6.45, 7) is 4.87. The van der Waals surface area contributed by atoms with Crippen molar-refractivity contribution in [1.82, 2.24) is 10.1 Å². The van der Waals surface area contributed by atoms with Crippen LogP contribution in [0.15, 0.2) is 22.0 Å². The number of nitrogens with zero attached hydrogens (tertiary/aromatic N) is 2. The van der Waals surface area contributed by atoms with Gasteiger partial charge in [-0.05, 0) is 31.2 Å². The molecule has 1 aliphatic heterocycles. The SMILES string of the molecule is CCc1onc(C)c1C1CCCN1C(=O)Cc1cccs1. The molecule has 1 atom stereocenters. The standard InChI is InChI=1S/C16H20N2O2S/c1-3-14-16(11(2)17-20-14)13-7-4-8-18(13)15(19)10-12-6-5-9-21-12/h5-6,9,13H,3-4,7-8,10H2,1-2H3. The Morgan fingerprint density at radius 3 is 3.14 bits per heavy atom. The molecule has 1 fully saturated rings. The van der Waals surface area contributed by atoms with E-state index in [0.717, 1.165) is 47.7 Å². The molecule has 2 aromatic heterocycles. The molecule has 0 bridgehead atoms. The molecule has 1 saturated heterocycles. The quantitative estimate of drug-likeness (QED) is 0.868. The van der Waals surface area contributed by atoms with Crippen LogP contribution in [0.4, 0.5) is 0 Å². The third-order valence-corrected chi connectivity index (χ3v) is 4.99. The van der Waals surface area contributed by atoms with Gasteiger partial charge in [-0.2, -0.15) is 0 Å². The Hall–Kier alpha value is -1.62. The molecule has 112 valence electrons. The van der Waals surface area contributed by atoms with Crippen LogP contribution in [-0.2, 0) is 17.6 Å². The van der Waals surface area contributed by atoms with Crippen LogP contribution in [0.1, 0.15) is 47.7 Å². The van der Waals surface area contributed by atoms with E-state index in [1.807, 2.05) is 29.3 Å². The number of carbonyl (C=O) groups is 1. The molecule has 0 aromatic carbocycles. The molecule has 0 saturated carbocycles. The highest BCUT2D eigenvalue weighted by molar-refractivity contribution is 7.10. The van der Waals surface area contributed by atoms with Gasteiger partial charge in [-0.25, -0.2) is 0 Å². The van der Waals surface area contributed by atoms with Gasteiger partial charge < -0.3 is 9.42 Å². The lowest BCUT2D eigenvalue weighted by Gasteiger charge is -2.25. The van der Waals surface area contributed by atoms with Crippen LogP contribution in [0.25, 0.3) is 0 Å². The fraction of sp³-hybridized carbons (Fsp3) is 0.500. The molecule has 1 amide bonds. The summed E-state index contributed by atoms with van der Waals surface area (Å²) in [5.41, 5.74) is 2.06. The maximum absolute atomic E-state index is 12.6. The Morgan fingerprint density at radius 1 is 1.57 bits per heavy atom. The Labute approximate surface area is 128 Å². The van der Waals surface area contributed by atoms with Crippen molar-refractivity contribution in [3.63, 3.8) is 0 Å². The van der Waals surface area contributed by atoms with Crippen LogP contribution in [0.5, 0.6) is 0 Å². The second-order valence-electron chi connectivity index (χ2n) is 5.46. The van der Waals surface area contributed by atoms with Crippen LogP contribution in [-0.4, -0.2) is 22.5 Å². The summed E-state index contributed by atoms with van der Waals surface area (Å²) in [5.74, 6) is 1.14. The number of likely N-dealkylation sites (tertiary alicyclic amines) is 1. The molecular weight excluding hydrogens is 284 g/mol. The Bertz CT molecular complexity index is 618. The summed E-state index contributed by atoms with van der Waals surface area (Å²) in [5, 5.41) is 6.11. The molecule has 21 heavy (non-hydrogen) atoms. The maximum atomic E-state index is 12.6. The number of carbonyl (C=O) groups excluding carboxylic acids is 1. The monoisotopic (exact) mass is 304 g/mol. The number of thiophene rings is 1. The molecule has 0 spiro atoms. The molecule has 5 heteroatoms. The zero-order valence-electron chi connectivity index (χ0n) is 12.5. The Morgan fingerprint density at radius 2 is 2.43 bits per heavy atom. The van der Waals surface area contributed by atoms with Gasteiger partial charge in [0, 0.05) is 23.4 Å². The lowest BCUT2D eigenvalue weighted by atomic mass is 10.0. The first-order chi connectivity index (χ1) is 10.2. The maximum Gasteiger partial charge on any atom is 0.228 e. The predicted molar refractivity (Wildman–Crippen MR) is 82.3 cm³/mol. The average molecular weight is 304 g/mol. The van der Waals surface area contributed by atoms with Crippen molar-refractivity contribution in [2.45, 2.75) is 45.6 Å². The molecule has 3 heterocycles. The average Bonchev–Trinajstić information content (AvgIpc) is 3.17. The predicted octanol–water partition coefficient (Wildman–Crippen LogP) is 3.51. The van der Waals surface area contributed by atoms with Crippen LogP contribution in [0, 0.1) is 6.92 Å². The van der Waals surface area contributed by atoms with E-state index in [0.29, 0.717) is 6.42 Å². The molecular formula is C16H20N2O2S. The van der Waals surface area contributed by atoms with Crippen molar-refractivity contribution in [1.29, 1.82) is 0 Å². The van der Waals surface area contributed by atoms with Crippen molar-refractivity contribution in [3.05, 3.63) is 39.4 Å². The first-order valence-corrected chi connectivity index (χ1v) is 8.35. The molecule has 0 radical (unpaired) electrons. The molecule has 1 aliphatic rings. The second-order valence-corrected chi connectivity index (χ2v) is 6.49. The van der Waals surface area contributed by atoms with E-state index in [9.17, 15) is 4.79 Å². The molecule has 0 aliphatic carbocycles. The number of aryl methyl sites for hydroxylation is 2. The molecule has 1 unspecified atom stereocenters. The van der Waals surface area contributed by atoms with E-state index in [-0.39, 0.29) is 11.9 Å². The Kier molecular flexibility index (Phi) is 4.10. The fourth-order valence-electron chi connectivity index (χ4n) is 3.13. The number of hydrogen-bond donors (Lipinski definition) is 0. The van der Waals surface area contributed by atoms with Crippen molar-refractivity contribution >= 4 is 17.2 Å². The van der Waals surface area contributed by atoms with E-state index in [2.05, 4.69) is 12.1 Å². The van der Waals surface area contributed by atoms with E-state index < -0.39 is 0 Å². The molecule has 2 aromatic rings. The highest BCUT2D eigenvalue weighted by Crippen LogP contribution is 2.36. The first-order valence-electron chi connectivity index (χ1n) is 7.47. The number of amides is 1. The largest absolute Gasteiger partial charge is 0.361 e. The zero-order valence-corrected chi connectivity index (χ0v) is 13.3. The van der Waals surface area contributed by atoms with Gasteiger partial charge in [0.2, 0.25) is 5.91 Å². The van der Waals surface area contributed by atoms with Crippen LogP contribution in [0.2, 0.25) is 0 Å². The minimum Gasteiger partial charge on any atom is -0.361 e. The van der Waals surface area contributed by atoms with Gasteiger partial charge in [0.1, 0.15) is 5.76 Å². The molecule has 3 rings (SSSR count). The number of hydrogen-bond acceptors (Lipinski definition) is 4.